The van der Waals surface area contributed by atoms with Crippen LogP contribution in [0.1, 0.15) is 64.2 Å². The Morgan fingerprint density at radius 1 is 1.06 bits per heavy atom. The fourth-order valence-corrected chi connectivity index (χ4v) is 24.7. The maximum atomic E-state index is 13.8. The summed E-state index contributed by atoms with van der Waals surface area (Å²) in [6.07, 6.45) is 7.47. The van der Waals surface area contributed by atoms with Gasteiger partial charge in [0.05, 0.1) is 0 Å². The van der Waals surface area contributed by atoms with Gasteiger partial charge in [0.15, 0.2) is 0 Å². The second-order valence-electron chi connectivity index (χ2n) is 8.87. The Morgan fingerprint density at radius 3 is 2.11 bits per heavy atom. The monoisotopic (exact) mass is 646 g/mol. The molecule has 0 aliphatic rings. The van der Waals surface area contributed by atoms with Crippen molar-refractivity contribution in [2.75, 3.05) is 6.26 Å². The van der Waals surface area contributed by atoms with Crippen molar-refractivity contribution < 1.29 is 18.3 Å². The molecule has 10 heteroatoms. The van der Waals surface area contributed by atoms with E-state index in [4.69, 9.17) is 10.8 Å². The number of carboxylic acid groups (broad SMARTS) is 1. The van der Waals surface area contributed by atoms with Gasteiger partial charge in [0, 0.05) is 0 Å². The first-order chi connectivity index (χ1) is 16.6. The Morgan fingerprint density at radius 2 is 1.63 bits per heavy atom. The van der Waals surface area contributed by atoms with Gasteiger partial charge >= 0.3 is 224 Å². The maximum absolute atomic E-state index is 13.8. The summed E-state index contributed by atoms with van der Waals surface area (Å²) in [6, 6.07) is 9.20. The van der Waals surface area contributed by atoms with Crippen LogP contribution in [0.4, 0.5) is 4.79 Å². The summed E-state index contributed by atoms with van der Waals surface area (Å²) < 4.78 is 33.3. The molecule has 1 amide bonds. The Kier molecular flexibility index (Phi) is 12.1. The van der Waals surface area contributed by atoms with Crippen LogP contribution in [0.25, 0.3) is 0 Å². The standard InChI is InChI=1S/C13H11N2O4S3.3C4H9.Sn/c1-20-12-10(7-9(21-12)11(14)15-13(16)17)22(18,19)8-5-3-2-4-6-8;3*1-3-4-2;/h2-3,5-7H,1H3,(H2,14,15)(H,16,17);3*1,3-4H2,2H3;. The molecule has 0 radical (unpaired) electrons. The summed E-state index contributed by atoms with van der Waals surface area (Å²) in [5, 5.41) is 8.93. The first-order valence-corrected chi connectivity index (χ1v) is 23.3. The van der Waals surface area contributed by atoms with Gasteiger partial charge in [0.25, 0.3) is 0 Å². The summed E-state index contributed by atoms with van der Waals surface area (Å²) >= 11 is -0.347. The number of carbonyl (C=O) groups is 1. The van der Waals surface area contributed by atoms with Gasteiger partial charge in [-0.3, -0.25) is 0 Å². The summed E-state index contributed by atoms with van der Waals surface area (Å²) in [6.45, 7) is 6.69. The summed E-state index contributed by atoms with van der Waals surface area (Å²) in [7, 11) is -3.80. The average Bonchev–Trinajstić information content (AvgIpc) is 3.29. The Labute approximate surface area is 222 Å². The first kappa shape index (κ1) is 30.2. The molecule has 1 aromatic heterocycles. The Balaban J connectivity index is 2.61. The van der Waals surface area contributed by atoms with Crippen molar-refractivity contribution in [2.24, 2.45) is 10.7 Å². The number of aliphatic imine (C=N–C) groups is 1. The zero-order valence-electron chi connectivity index (χ0n) is 21.2. The molecule has 0 aliphatic carbocycles. The molecule has 1 aromatic carbocycles. The van der Waals surface area contributed by atoms with E-state index in [0.717, 1.165) is 30.6 Å². The predicted molar refractivity (Wildman–Crippen MR) is 151 cm³/mol. The number of benzene rings is 1. The third-order valence-electron chi connectivity index (χ3n) is 6.39. The summed E-state index contributed by atoms with van der Waals surface area (Å²) in [5.74, 6) is -0.193. The minimum atomic E-state index is -3.80. The number of amidine groups is 1. The van der Waals surface area contributed by atoms with Crippen molar-refractivity contribution >= 4 is 66.8 Å². The Hall–Kier alpha value is -1.04. The van der Waals surface area contributed by atoms with Gasteiger partial charge in [-0.15, -0.1) is 0 Å². The predicted octanol–water partition coefficient (Wildman–Crippen LogP) is 6.74. The van der Waals surface area contributed by atoms with Gasteiger partial charge in [0.1, 0.15) is 0 Å². The third kappa shape index (κ3) is 7.72. The molecule has 1 heterocycles. The number of unbranched alkanes of at least 4 members (excludes halogenated alkanes) is 3. The molecule has 194 valence electrons. The van der Waals surface area contributed by atoms with E-state index in [9.17, 15) is 13.2 Å². The van der Waals surface area contributed by atoms with Crippen LogP contribution in [0, 0.1) is 0 Å². The minimum absolute atomic E-state index is 0.169. The molecule has 0 fully saturated rings. The number of nitrogens with two attached hydrogens (primary N) is 1. The molecule has 35 heavy (non-hydrogen) atoms. The number of thiophene rings is 1. The second-order valence-corrected chi connectivity index (χ2v) is 26.2. The molecule has 0 aliphatic heterocycles. The number of hydrogen-bond acceptors (Lipinski definition) is 5. The fraction of sp³-hybridized carbons (Fsp3) is 0.520. The van der Waals surface area contributed by atoms with Crippen molar-refractivity contribution in [3.63, 3.8) is 0 Å². The van der Waals surface area contributed by atoms with E-state index in [0.29, 0.717) is 14.0 Å². The quantitative estimate of drug-likeness (QED) is 0.102. The topological polar surface area (TPSA) is 110 Å². The molecule has 2 rings (SSSR count). The zero-order chi connectivity index (χ0) is 26.1. The molecule has 0 saturated carbocycles. The molecule has 0 unspecified atom stereocenters. The average molecular weight is 646 g/mol. The molecular weight excluding hydrogens is 607 g/mol. The molecule has 2 aromatic rings. The fourth-order valence-electron chi connectivity index (χ4n) is 4.45. The van der Waals surface area contributed by atoms with E-state index < -0.39 is 34.3 Å². The second kappa shape index (κ2) is 14.0. The molecule has 0 atom stereocenters. The van der Waals surface area contributed by atoms with Gasteiger partial charge in [-0.05, 0) is 0 Å². The van der Waals surface area contributed by atoms with E-state index >= 15 is 0 Å². The number of hydrogen-bond donors (Lipinski definition) is 2. The van der Waals surface area contributed by atoms with Gasteiger partial charge in [-0.1, -0.05) is 0 Å². The van der Waals surface area contributed by atoms with Gasteiger partial charge in [-0.25, -0.2) is 0 Å². The SMILES string of the molecule is CCC[CH2][Sn]([CH2]CCC)([CH2]CCC)[c]1cccc(S(=O)(=O)c2cc(/C(N)=N\C(=O)O)sc2SC)c1. The van der Waals surface area contributed by atoms with Gasteiger partial charge < -0.3 is 0 Å². The van der Waals surface area contributed by atoms with E-state index in [-0.39, 0.29) is 10.7 Å². The van der Waals surface area contributed by atoms with E-state index in [2.05, 4.69) is 31.8 Å². The molecule has 0 bridgehead atoms. The van der Waals surface area contributed by atoms with Crippen molar-refractivity contribution in [1.29, 1.82) is 0 Å². The van der Waals surface area contributed by atoms with Crippen LogP contribution in [0.15, 0.2) is 49.3 Å². The molecular formula is C25H38N2O4S3Sn. The van der Waals surface area contributed by atoms with Crippen molar-refractivity contribution in [3.8, 4) is 0 Å². The number of sulfone groups is 1. The van der Waals surface area contributed by atoms with Crippen LogP contribution in [0.3, 0.4) is 0 Å². The summed E-state index contributed by atoms with van der Waals surface area (Å²) in [4.78, 5) is 15.1. The van der Waals surface area contributed by atoms with Crippen LogP contribution >= 0.6 is 23.1 Å². The van der Waals surface area contributed by atoms with Crippen LogP contribution in [0.5, 0.6) is 0 Å². The van der Waals surface area contributed by atoms with Crippen molar-refractivity contribution in [3.05, 3.63) is 35.2 Å². The third-order valence-corrected chi connectivity index (χ3v) is 26.3. The van der Waals surface area contributed by atoms with E-state index in [1.54, 1.807) is 12.3 Å². The van der Waals surface area contributed by atoms with Crippen LogP contribution in [-0.2, 0) is 9.84 Å². The van der Waals surface area contributed by atoms with Crippen LogP contribution in [0.2, 0.25) is 13.3 Å². The Bertz CT molecular complexity index is 1110. The van der Waals surface area contributed by atoms with Gasteiger partial charge in [-0.2, -0.15) is 0 Å². The molecule has 0 saturated heterocycles. The van der Waals surface area contributed by atoms with Crippen LogP contribution in [-0.4, -0.2) is 50.1 Å². The van der Waals surface area contributed by atoms with E-state index in [1.807, 2.05) is 12.1 Å². The number of thioether (sulfide) groups is 1. The van der Waals surface area contributed by atoms with Crippen molar-refractivity contribution in [1.82, 2.24) is 0 Å². The number of amides is 1. The molecule has 3 N–H and O–H groups in total. The number of rotatable bonds is 14. The molecule has 6 nitrogen and oxygen atoms in total. The van der Waals surface area contributed by atoms with Gasteiger partial charge in [0.2, 0.25) is 0 Å². The van der Waals surface area contributed by atoms with Crippen molar-refractivity contribution in [2.45, 2.75) is 86.6 Å². The van der Waals surface area contributed by atoms with E-state index in [1.165, 1.54) is 54.0 Å². The number of nitrogens with zero attached hydrogens (tertiary/aromatic N) is 1. The first-order valence-electron chi connectivity index (χ1n) is 12.3. The van der Waals surface area contributed by atoms with Crippen LogP contribution < -0.4 is 9.31 Å². The zero-order valence-corrected chi connectivity index (χ0v) is 26.5. The normalized spacial score (nSPS) is 12.7. The molecule has 0 spiro atoms. The summed E-state index contributed by atoms with van der Waals surface area (Å²) in [5.41, 5.74) is 5.82.